The van der Waals surface area contributed by atoms with E-state index in [-0.39, 0.29) is 5.41 Å². The fourth-order valence-electron chi connectivity index (χ4n) is 7.66. The van der Waals surface area contributed by atoms with Gasteiger partial charge in [0.05, 0.1) is 5.60 Å². The van der Waals surface area contributed by atoms with Gasteiger partial charge in [0.2, 0.25) is 0 Å². The Balaban J connectivity index is 1.74. The molecule has 0 saturated heterocycles. The number of ketones is 1. The van der Waals surface area contributed by atoms with Crippen molar-refractivity contribution in [2.24, 2.45) is 40.4 Å². The van der Waals surface area contributed by atoms with E-state index in [1.807, 2.05) is 0 Å². The molecule has 0 aromatic rings. The van der Waals surface area contributed by atoms with Crippen molar-refractivity contribution < 1.29 is 9.90 Å². The average Bonchev–Trinajstić information content (AvgIpc) is 2.79. The number of allylic oxidation sites excluding steroid dienone is 1. The Bertz CT molecular complexity index is 597. The maximum Gasteiger partial charge on any atom is 0.133 e. The molecular formula is C22H33IO2. The zero-order chi connectivity index (χ0) is 18.0. The molecule has 0 unspecified atom stereocenters. The second-order valence-electron chi connectivity index (χ2n) is 10.2. The minimum Gasteiger partial charge on any atom is -0.390 e. The molecule has 140 valence electrons. The Kier molecular flexibility index (Phi) is 4.47. The van der Waals surface area contributed by atoms with Crippen molar-refractivity contribution in [1.82, 2.24) is 0 Å². The Morgan fingerprint density at radius 3 is 2.56 bits per heavy atom. The topological polar surface area (TPSA) is 37.3 Å². The summed E-state index contributed by atoms with van der Waals surface area (Å²) in [7, 11) is 0. The van der Waals surface area contributed by atoms with Crippen molar-refractivity contribution in [1.29, 1.82) is 0 Å². The summed E-state index contributed by atoms with van der Waals surface area (Å²) < 4.78 is 2.20. The molecule has 4 fully saturated rings. The van der Waals surface area contributed by atoms with Crippen LogP contribution in [0.3, 0.4) is 0 Å². The van der Waals surface area contributed by atoms with E-state index in [1.54, 1.807) is 0 Å². The number of hydrogen-bond donors (Lipinski definition) is 1. The van der Waals surface area contributed by atoms with Gasteiger partial charge < -0.3 is 5.11 Å². The molecule has 3 heteroatoms. The lowest BCUT2D eigenvalue weighted by atomic mass is 9.42. The van der Waals surface area contributed by atoms with Crippen LogP contribution >= 0.6 is 22.6 Å². The first-order chi connectivity index (χ1) is 11.7. The van der Waals surface area contributed by atoms with E-state index in [0.717, 1.165) is 38.0 Å². The monoisotopic (exact) mass is 456 g/mol. The van der Waals surface area contributed by atoms with Gasteiger partial charge in [-0.05, 0) is 90.0 Å². The lowest BCUT2D eigenvalue weighted by Gasteiger charge is -2.62. The van der Waals surface area contributed by atoms with E-state index in [1.165, 1.54) is 19.3 Å². The van der Waals surface area contributed by atoms with Crippen molar-refractivity contribution in [3.8, 4) is 0 Å². The Hall–Kier alpha value is 0.1000. The summed E-state index contributed by atoms with van der Waals surface area (Å²) in [6.07, 6.45) is 10.8. The van der Waals surface area contributed by atoms with E-state index in [9.17, 15) is 9.90 Å². The number of carbonyl (C=O) groups is 1. The molecule has 0 radical (unpaired) electrons. The Morgan fingerprint density at radius 1 is 1.12 bits per heavy atom. The number of fused-ring (bicyclic) bond motifs is 5. The molecule has 1 N–H and O–H groups in total. The van der Waals surface area contributed by atoms with Crippen LogP contribution in [0.25, 0.3) is 0 Å². The van der Waals surface area contributed by atoms with Crippen LogP contribution in [0.1, 0.15) is 72.1 Å². The summed E-state index contributed by atoms with van der Waals surface area (Å²) in [6, 6.07) is 0. The third-order valence-electron chi connectivity index (χ3n) is 9.46. The largest absolute Gasteiger partial charge is 0.390 e. The highest BCUT2D eigenvalue weighted by Crippen LogP contribution is 2.69. The van der Waals surface area contributed by atoms with Crippen LogP contribution < -0.4 is 0 Å². The zero-order valence-electron chi connectivity index (χ0n) is 15.9. The number of Topliss-reactive ketones (excluding diaryl/α,β-unsaturated/α-hetero) is 1. The summed E-state index contributed by atoms with van der Waals surface area (Å²) in [4.78, 5) is 12.2. The molecule has 0 bridgehead atoms. The molecule has 0 aromatic carbocycles. The van der Waals surface area contributed by atoms with Gasteiger partial charge in [0.25, 0.3) is 0 Å². The summed E-state index contributed by atoms with van der Waals surface area (Å²) in [5, 5.41) is 11.1. The fourth-order valence-corrected chi connectivity index (χ4v) is 8.19. The first-order valence-corrected chi connectivity index (χ1v) is 11.5. The van der Waals surface area contributed by atoms with Crippen molar-refractivity contribution in [3.63, 3.8) is 0 Å². The molecule has 4 saturated carbocycles. The van der Waals surface area contributed by atoms with Crippen LogP contribution in [-0.2, 0) is 4.79 Å². The van der Waals surface area contributed by atoms with Crippen molar-refractivity contribution >= 4 is 28.4 Å². The van der Waals surface area contributed by atoms with Crippen molar-refractivity contribution in [2.45, 2.75) is 77.7 Å². The van der Waals surface area contributed by atoms with E-state index in [0.29, 0.717) is 34.9 Å². The Morgan fingerprint density at radius 2 is 1.84 bits per heavy atom. The summed E-state index contributed by atoms with van der Waals surface area (Å²) in [5.41, 5.74) is -0.106. The molecule has 25 heavy (non-hydrogen) atoms. The van der Waals surface area contributed by atoms with Gasteiger partial charge in [-0.1, -0.05) is 42.5 Å². The summed E-state index contributed by atoms with van der Waals surface area (Å²) >= 11 is 2.36. The van der Waals surface area contributed by atoms with Gasteiger partial charge >= 0.3 is 0 Å². The molecular weight excluding hydrogens is 423 g/mol. The molecule has 0 heterocycles. The standard InChI is InChI=1S/C22H33IO2/c1-20-8-4-16(24)13-15(20)12-14(7-11-23)19-17(20)5-9-21(2)18(19)6-10-22(21,3)25/h7,11,14-15,17-19,25H,4-6,8-10,12-13H2,1-3H3/b11-7+/t14-,15+,17+,18+,19-,20+,21+,22-/m1/s1. The molecule has 4 aliphatic rings. The van der Waals surface area contributed by atoms with Gasteiger partial charge in [-0.15, -0.1) is 0 Å². The third kappa shape index (κ3) is 2.54. The maximum absolute atomic E-state index is 12.2. The normalized spacial score (nSPS) is 55.7. The van der Waals surface area contributed by atoms with E-state index in [2.05, 4.69) is 53.5 Å². The number of rotatable bonds is 1. The smallest absolute Gasteiger partial charge is 0.133 e. The van der Waals surface area contributed by atoms with Gasteiger partial charge in [0.15, 0.2) is 0 Å². The molecule has 0 aliphatic heterocycles. The van der Waals surface area contributed by atoms with Crippen LogP contribution in [0.15, 0.2) is 10.2 Å². The van der Waals surface area contributed by atoms with Gasteiger partial charge in [0, 0.05) is 12.8 Å². The molecule has 0 aromatic heterocycles. The predicted octanol–water partition coefficient (Wildman–Crippen LogP) is 5.52. The van der Waals surface area contributed by atoms with Crippen molar-refractivity contribution in [2.75, 3.05) is 0 Å². The van der Waals surface area contributed by atoms with Gasteiger partial charge in [0.1, 0.15) is 5.78 Å². The number of carbonyl (C=O) groups excluding carboxylic acids is 1. The van der Waals surface area contributed by atoms with E-state index in [4.69, 9.17) is 0 Å². The molecule has 0 amide bonds. The van der Waals surface area contributed by atoms with Gasteiger partial charge in [-0.25, -0.2) is 0 Å². The van der Waals surface area contributed by atoms with Gasteiger partial charge in [-0.2, -0.15) is 0 Å². The fraction of sp³-hybridized carbons (Fsp3) is 0.864. The van der Waals surface area contributed by atoms with E-state index < -0.39 is 5.60 Å². The highest BCUT2D eigenvalue weighted by molar-refractivity contribution is 14.1. The summed E-state index contributed by atoms with van der Waals surface area (Å²) in [5.74, 6) is 3.69. The predicted molar refractivity (Wildman–Crippen MR) is 109 cm³/mol. The highest BCUT2D eigenvalue weighted by atomic mass is 127. The average molecular weight is 456 g/mol. The molecule has 2 nitrogen and oxygen atoms in total. The quantitative estimate of drug-likeness (QED) is 0.528. The maximum atomic E-state index is 12.2. The lowest BCUT2D eigenvalue weighted by Crippen LogP contribution is -2.58. The number of hydrogen-bond acceptors (Lipinski definition) is 2. The Labute approximate surface area is 166 Å². The van der Waals surface area contributed by atoms with E-state index >= 15 is 0 Å². The first kappa shape index (κ1) is 18.5. The number of aliphatic hydroxyl groups is 1. The summed E-state index contributed by atoms with van der Waals surface area (Å²) in [6.45, 7) is 6.95. The van der Waals surface area contributed by atoms with Crippen LogP contribution in [0.2, 0.25) is 0 Å². The van der Waals surface area contributed by atoms with Crippen LogP contribution in [0, 0.1) is 40.4 Å². The lowest BCUT2D eigenvalue weighted by molar-refractivity contribution is -0.162. The van der Waals surface area contributed by atoms with Gasteiger partial charge in [-0.3, -0.25) is 4.79 Å². The molecule has 4 aliphatic carbocycles. The third-order valence-corrected chi connectivity index (χ3v) is 9.88. The highest BCUT2D eigenvalue weighted by Gasteiger charge is 2.64. The first-order valence-electron chi connectivity index (χ1n) is 10.2. The minimum atomic E-state index is -0.512. The zero-order valence-corrected chi connectivity index (χ0v) is 18.1. The molecule has 4 rings (SSSR count). The second-order valence-corrected chi connectivity index (χ2v) is 10.9. The second kappa shape index (κ2) is 6.05. The molecule has 0 spiro atoms. The minimum absolute atomic E-state index is 0.0687. The SMILES string of the molecule is C[C@]12CCC(=O)C[C@@H]1C[C@@H](/C=C/I)[C@@H]1[C@@H]2CC[C@@]2(C)[C@H]1CC[C@@]2(C)O. The van der Waals surface area contributed by atoms with Crippen LogP contribution in [-0.4, -0.2) is 16.5 Å². The number of halogens is 1. The van der Waals surface area contributed by atoms with Crippen LogP contribution in [0.5, 0.6) is 0 Å². The molecule has 8 atom stereocenters. The van der Waals surface area contributed by atoms with Crippen molar-refractivity contribution in [3.05, 3.63) is 10.2 Å². The van der Waals surface area contributed by atoms with Crippen LogP contribution in [0.4, 0.5) is 0 Å².